The van der Waals surface area contributed by atoms with Crippen molar-refractivity contribution in [3.8, 4) is 0 Å². The molecule has 0 saturated carbocycles. The Labute approximate surface area is 460 Å². The molecule has 0 bridgehead atoms. The Morgan fingerprint density at radius 3 is 1.18 bits per heavy atom. The number of likely N-dealkylation sites (N-methyl/N-ethyl adjacent to an activating group) is 1. The fraction of sp³-hybridized carbons (Fsp3) is 0.862. The average Bonchev–Trinajstić information content (AvgIpc) is 3.36. The number of unbranched alkanes of at least 4 members (excludes halogenated alkanes) is 40. The van der Waals surface area contributed by atoms with Gasteiger partial charge in [0.15, 0.2) is 0 Å². The number of rotatable bonds is 59. The largest absolute Gasteiger partial charge is 0.756 e. The van der Waals surface area contributed by atoms with Gasteiger partial charge >= 0.3 is 0 Å². The summed E-state index contributed by atoms with van der Waals surface area (Å²) in [6, 6.07) is -0.907. The maximum absolute atomic E-state index is 13.0. The molecule has 2 N–H and O–H groups in total. The minimum absolute atomic E-state index is 0.00702. The Balaban J connectivity index is 4.18. The Bertz CT molecular complexity index is 1340. The minimum Gasteiger partial charge on any atom is -0.756 e. The second-order valence-electron chi connectivity index (χ2n) is 23.1. The van der Waals surface area contributed by atoms with Crippen LogP contribution in [-0.2, 0) is 18.4 Å². The summed E-state index contributed by atoms with van der Waals surface area (Å²) in [6.45, 7) is 4.67. The highest BCUT2D eigenvalue weighted by Crippen LogP contribution is 2.38. The highest BCUT2D eigenvalue weighted by Gasteiger charge is 2.23. The summed E-state index contributed by atoms with van der Waals surface area (Å²) in [4.78, 5) is 25.6. The van der Waals surface area contributed by atoms with Gasteiger partial charge in [-0.15, -0.1) is 0 Å². The number of carbonyl (C=O) groups excluding carboxylic acids is 1. The van der Waals surface area contributed by atoms with Crippen LogP contribution in [0.5, 0.6) is 0 Å². The zero-order valence-corrected chi connectivity index (χ0v) is 50.7. The lowest BCUT2D eigenvalue weighted by molar-refractivity contribution is -0.870. The van der Waals surface area contributed by atoms with Crippen molar-refractivity contribution in [3.05, 3.63) is 48.6 Å². The van der Waals surface area contributed by atoms with Crippen LogP contribution >= 0.6 is 7.82 Å². The molecule has 0 aromatic carbocycles. The molecule has 0 radical (unpaired) electrons. The van der Waals surface area contributed by atoms with Gasteiger partial charge in [0.05, 0.1) is 39.9 Å². The number of amides is 1. The number of quaternary nitrogens is 1. The molecular weight excluding hydrogens is 936 g/mol. The number of hydrogen-bond acceptors (Lipinski definition) is 6. The fourth-order valence-electron chi connectivity index (χ4n) is 9.50. The highest BCUT2D eigenvalue weighted by molar-refractivity contribution is 7.45. The van der Waals surface area contributed by atoms with Crippen LogP contribution < -0.4 is 10.2 Å². The molecule has 0 aliphatic carbocycles. The number of nitrogens with one attached hydrogen (secondary N) is 1. The zero-order valence-electron chi connectivity index (χ0n) is 49.8. The zero-order chi connectivity index (χ0) is 54.2. The van der Waals surface area contributed by atoms with E-state index in [-0.39, 0.29) is 12.5 Å². The normalized spacial score (nSPS) is 14.1. The lowest BCUT2D eigenvalue weighted by atomic mass is 10.0. The van der Waals surface area contributed by atoms with E-state index >= 15 is 0 Å². The molecule has 0 rings (SSSR count). The van der Waals surface area contributed by atoms with Gasteiger partial charge in [0.25, 0.3) is 7.82 Å². The van der Waals surface area contributed by atoms with Gasteiger partial charge in [-0.05, 0) is 64.2 Å². The first-order chi connectivity index (χ1) is 36.0. The second-order valence-corrected chi connectivity index (χ2v) is 24.5. The molecule has 3 atom stereocenters. The fourth-order valence-corrected chi connectivity index (χ4v) is 10.2. The maximum atomic E-state index is 13.0. The van der Waals surface area contributed by atoms with E-state index in [1.165, 1.54) is 244 Å². The molecule has 1 amide bonds. The van der Waals surface area contributed by atoms with Gasteiger partial charge in [0.2, 0.25) is 5.91 Å². The monoisotopic (exact) mass is 1060 g/mol. The first-order valence-electron chi connectivity index (χ1n) is 32.0. The van der Waals surface area contributed by atoms with Gasteiger partial charge in [-0.3, -0.25) is 9.36 Å². The standard InChI is InChI=1S/C65H125N2O6P/c1-6-8-10-12-14-16-18-20-22-24-26-28-30-32-33-35-37-39-41-43-45-47-49-51-53-55-57-59-65(69)66-63(62-73-74(70,71)72-61-60-67(3,4)5)64(68)58-56-54-52-50-48-46-44-42-40-38-36-34-31-29-27-25-23-21-19-17-15-13-11-9-7-2/h26,28,32-33,48,50,56,58,63-64,68H,6-25,27,29-31,34-47,49,51-55,57,59-62H2,1-5H3,(H-,66,69,70,71)/b28-26-,33-32-,50-48+,58-56+. The van der Waals surface area contributed by atoms with E-state index in [4.69, 9.17) is 9.05 Å². The Morgan fingerprint density at radius 2 is 0.797 bits per heavy atom. The topological polar surface area (TPSA) is 108 Å². The first kappa shape index (κ1) is 72.5. The van der Waals surface area contributed by atoms with Crippen LogP contribution in [0.15, 0.2) is 48.6 Å². The van der Waals surface area contributed by atoms with Crippen molar-refractivity contribution >= 4 is 13.7 Å². The average molecular weight is 1060 g/mol. The van der Waals surface area contributed by atoms with Gasteiger partial charge in [0.1, 0.15) is 13.2 Å². The van der Waals surface area contributed by atoms with E-state index < -0.39 is 26.6 Å². The molecule has 0 aromatic rings. The van der Waals surface area contributed by atoms with E-state index in [0.717, 1.165) is 44.9 Å². The summed E-state index contributed by atoms with van der Waals surface area (Å²) in [5, 5.41) is 13.9. The number of aliphatic hydroxyl groups is 1. The lowest BCUT2D eigenvalue weighted by Gasteiger charge is -2.29. The molecule has 0 fully saturated rings. The van der Waals surface area contributed by atoms with Crippen LogP contribution in [0.1, 0.15) is 309 Å². The molecule has 0 aliphatic rings. The number of aliphatic hydroxyl groups excluding tert-OH is 1. The Morgan fingerprint density at radius 1 is 0.473 bits per heavy atom. The van der Waals surface area contributed by atoms with E-state index in [9.17, 15) is 19.4 Å². The van der Waals surface area contributed by atoms with Crippen molar-refractivity contribution in [2.45, 2.75) is 321 Å². The molecule has 0 aliphatic heterocycles. The van der Waals surface area contributed by atoms with E-state index in [0.29, 0.717) is 17.4 Å². The molecule has 9 heteroatoms. The van der Waals surface area contributed by atoms with Crippen molar-refractivity contribution in [2.24, 2.45) is 0 Å². The molecule has 74 heavy (non-hydrogen) atoms. The molecule has 436 valence electrons. The molecular formula is C65H125N2O6P. The number of allylic oxidation sites excluding steroid dienone is 7. The van der Waals surface area contributed by atoms with Gasteiger partial charge in [-0.25, -0.2) is 0 Å². The van der Waals surface area contributed by atoms with Crippen LogP contribution in [0, 0.1) is 0 Å². The summed E-state index contributed by atoms with van der Waals surface area (Å²) < 4.78 is 23.4. The highest BCUT2D eigenvalue weighted by atomic mass is 31.2. The lowest BCUT2D eigenvalue weighted by Crippen LogP contribution is -2.45. The summed E-state index contributed by atoms with van der Waals surface area (Å²) in [5.41, 5.74) is 0. The predicted octanol–water partition coefficient (Wildman–Crippen LogP) is 19.2. The van der Waals surface area contributed by atoms with E-state index in [1.807, 2.05) is 27.2 Å². The molecule has 0 saturated heterocycles. The molecule has 0 spiro atoms. The van der Waals surface area contributed by atoms with Crippen molar-refractivity contribution in [2.75, 3.05) is 40.9 Å². The van der Waals surface area contributed by atoms with Crippen molar-refractivity contribution in [1.29, 1.82) is 0 Å². The summed E-state index contributed by atoms with van der Waals surface area (Å²) >= 11 is 0. The number of phosphoric acid groups is 1. The number of nitrogens with zero attached hydrogens (tertiary/aromatic N) is 1. The van der Waals surface area contributed by atoms with Crippen LogP contribution in [0.25, 0.3) is 0 Å². The van der Waals surface area contributed by atoms with Gasteiger partial charge in [-0.2, -0.15) is 0 Å². The number of phosphoric ester groups is 1. The molecule has 0 heterocycles. The molecule has 8 nitrogen and oxygen atoms in total. The second kappa shape index (κ2) is 56.2. The maximum Gasteiger partial charge on any atom is 0.268 e. The number of hydrogen-bond donors (Lipinski definition) is 2. The van der Waals surface area contributed by atoms with Gasteiger partial charge < -0.3 is 28.8 Å². The third kappa shape index (κ3) is 58.1. The third-order valence-corrected chi connectivity index (χ3v) is 15.5. The van der Waals surface area contributed by atoms with E-state index in [1.54, 1.807) is 6.08 Å². The summed E-state index contributed by atoms with van der Waals surface area (Å²) in [6.07, 6.45) is 75.0. The van der Waals surface area contributed by atoms with Crippen LogP contribution in [0.2, 0.25) is 0 Å². The minimum atomic E-state index is -4.61. The van der Waals surface area contributed by atoms with Crippen LogP contribution in [0.3, 0.4) is 0 Å². The Hall–Kier alpha value is -1.54. The molecule has 3 unspecified atom stereocenters. The predicted molar refractivity (Wildman–Crippen MR) is 321 cm³/mol. The quantitative estimate of drug-likeness (QED) is 0.0272. The van der Waals surface area contributed by atoms with Crippen molar-refractivity contribution in [1.82, 2.24) is 5.32 Å². The Kier molecular flexibility index (Phi) is 55.0. The smallest absolute Gasteiger partial charge is 0.268 e. The van der Waals surface area contributed by atoms with Gasteiger partial charge in [0, 0.05) is 6.42 Å². The first-order valence-corrected chi connectivity index (χ1v) is 33.5. The van der Waals surface area contributed by atoms with Crippen LogP contribution in [0.4, 0.5) is 0 Å². The number of carbonyl (C=O) groups is 1. The summed E-state index contributed by atoms with van der Waals surface area (Å²) in [5.74, 6) is -0.206. The van der Waals surface area contributed by atoms with Crippen LogP contribution in [-0.4, -0.2) is 68.5 Å². The van der Waals surface area contributed by atoms with Crippen molar-refractivity contribution in [3.63, 3.8) is 0 Å². The van der Waals surface area contributed by atoms with Crippen molar-refractivity contribution < 1.29 is 32.9 Å². The SMILES string of the molecule is CCCCCCCCCCC/C=C\C/C=C\CCCCCCCCCCCCCC(=O)NC(COP(=O)([O-])OCC[N+](C)(C)C)C(O)/C=C/CC/C=C/CCCCCCCCCCCCCCCCCCCCC. The summed E-state index contributed by atoms with van der Waals surface area (Å²) in [7, 11) is 1.25. The molecule has 0 aromatic heterocycles. The van der Waals surface area contributed by atoms with E-state index in [2.05, 4.69) is 55.6 Å². The van der Waals surface area contributed by atoms with Gasteiger partial charge in [-0.1, -0.05) is 287 Å². The third-order valence-electron chi connectivity index (χ3n) is 14.5.